The van der Waals surface area contributed by atoms with Crippen LogP contribution in [0.2, 0.25) is 0 Å². The summed E-state index contributed by atoms with van der Waals surface area (Å²) >= 11 is 0. The third-order valence-electron chi connectivity index (χ3n) is 2.84. The number of imidazole rings is 1. The van der Waals surface area contributed by atoms with Crippen molar-refractivity contribution >= 4 is 0 Å². The molecule has 0 bridgehead atoms. The van der Waals surface area contributed by atoms with Gasteiger partial charge in [0.05, 0.1) is 12.2 Å². The van der Waals surface area contributed by atoms with Gasteiger partial charge >= 0.3 is 0 Å². The van der Waals surface area contributed by atoms with Gasteiger partial charge in [-0.2, -0.15) is 0 Å². The van der Waals surface area contributed by atoms with Crippen molar-refractivity contribution in [3.05, 3.63) is 18.2 Å². The fraction of sp³-hybridized carbons (Fsp3) is 0.750. The van der Waals surface area contributed by atoms with E-state index < -0.39 is 6.10 Å². The smallest absolute Gasteiger partial charge is 0.111 e. The molecule has 16 heavy (non-hydrogen) atoms. The maximum absolute atomic E-state index is 10.1. The molecule has 1 rings (SSSR count). The van der Waals surface area contributed by atoms with Gasteiger partial charge in [-0.3, -0.25) is 0 Å². The first-order valence-electron chi connectivity index (χ1n) is 5.93. The number of hydrogen-bond donors (Lipinski definition) is 1. The zero-order valence-corrected chi connectivity index (χ0v) is 10.4. The molecule has 1 heterocycles. The molecule has 0 aliphatic carbocycles. The third kappa shape index (κ3) is 3.32. The van der Waals surface area contributed by atoms with Crippen molar-refractivity contribution in [2.24, 2.45) is 0 Å². The van der Waals surface area contributed by atoms with E-state index in [9.17, 15) is 5.11 Å². The second-order valence-corrected chi connectivity index (χ2v) is 3.96. The van der Waals surface area contributed by atoms with Gasteiger partial charge in [0, 0.05) is 32.5 Å². The average Bonchev–Trinajstić information content (AvgIpc) is 2.72. The van der Waals surface area contributed by atoms with Crippen LogP contribution in [0.4, 0.5) is 0 Å². The predicted octanol–water partition coefficient (Wildman–Crippen LogP) is 1.62. The highest BCUT2D eigenvalue weighted by Crippen LogP contribution is 2.11. The van der Waals surface area contributed by atoms with E-state index in [0.717, 1.165) is 25.2 Å². The summed E-state index contributed by atoms with van der Waals surface area (Å²) in [6.45, 7) is 5.04. The Kier molecular flexibility index (Phi) is 5.49. The van der Waals surface area contributed by atoms with Crippen molar-refractivity contribution in [1.82, 2.24) is 9.55 Å². The van der Waals surface area contributed by atoms with Crippen LogP contribution in [-0.4, -0.2) is 34.0 Å². The standard InChI is InChI=1S/C12H22N2O2/c1-4-6-11(16-3)10(15)9-12-13-7-8-14(12)5-2/h7-8,10-11,15H,4-6,9H2,1-3H3. The number of methoxy groups -OCH3 is 1. The quantitative estimate of drug-likeness (QED) is 0.768. The fourth-order valence-corrected chi connectivity index (χ4v) is 1.89. The normalized spacial score (nSPS) is 15.0. The Morgan fingerprint density at radius 2 is 2.25 bits per heavy atom. The fourth-order valence-electron chi connectivity index (χ4n) is 1.89. The summed E-state index contributed by atoms with van der Waals surface area (Å²) in [5.74, 6) is 0.924. The lowest BCUT2D eigenvalue weighted by atomic mass is 10.1. The number of aromatic nitrogens is 2. The van der Waals surface area contributed by atoms with Crippen molar-refractivity contribution in [1.29, 1.82) is 0 Å². The zero-order valence-electron chi connectivity index (χ0n) is 10.4. The Hall–Kier alpha value is -0.870. The first kappa shape index (κ1) is 13.2. The van der Waals surface area contributed by atoms with Gasteiger partial charge in [0.1, 0.15) is 5.82 Å². The zero-order chi connectivity index (χ0) is 12.0. The van der Waals surface area contributed by atoms with Crippen LogP contribution in [0.5, 0.6) is 0 Å². The molecule has 1 N–H and O–H groups in total. The number of aryl methyl sites for hydroxylation is 1. The summed E-state index contributed by atoms with van der Waals surface area (Å²) in [6.07, 6.45) is 5.59. The van der Waals surface area contributed by atoms with Crippen LogP contribution in [0.15, 0.2) is 12.4 Å². The molecule has 0 aliphatic rings. The molecule has 2 unspecified atom stereocenters. The minimum atomic E-state index is -0.474. The average molecular weight is 226 g/mol. The highest BCUT2D eigenvalue weighted by molar-refractivity contribution is 4.95. The van der Waals surface area contributed by atoms with Gasteiger partial charge in [-0.1, -0.05) is 13.3 Å². The van der Waals surface area contributed by atoms with E-state index in [2.05, 4.69) is 18.8 Å². The second kappa shape index (κ2) is 6.66. The van der Waals surface area contributed by atoms with Crippen LogP contribution in [0, 0.1) is 0 Å². The Bertz CT molecular complexity index is 299. The topological polar surface area (TPSA) is 47.3 Å². The molecule has 0 radical (unpaired) electrons. The van der Waals surface area contributed by atoms with Gasteiger partial charge < -0.3 is 14.4 Å². The van der Waals surface area contributed by atoms with Crippen LogP contribution in [-0.2, 0) is 17.7 Å². The highest BCUT2D eigenvalue weighted by Gasteiger charge is 2.19. The molecule has 2 atom stereocenters. The minimum absolute atomic E-state index is 0.0907. The van der Waals surface area contributed by atoms with E-state index in [4.69, 9.17) is 4.74 Å². The molecule has 0 saturated carbocycles. The Morgan fingerprint density at radius 1 is 1.50 bits per heavy atom. The summed E-state index contributed by atoms with van der Waals surface area (Å²) < 4.78 is 7.33. The number of ether oxygens (including phenoxy) is 1. The van der Waals surface area contributed by atoms with Crippen molar-refractivity contribution in [3.8, 4) is 0 Å². The molecule has 1 aromatic rings. The van der Waals surface area contributed by atoms with E-state index in [0.29, 0.717) is 6.42 Å². The number of aliphatic hydroxyl groups excluding tert-OH is 1. The molecule has 0 saturated heterocycles. The molecule has 0 aromatic carbocycles. The monoisotopic (exact) mass is 226 g/mol. The SMILES string of the molecule is CCCC(OC)C(O)Cc1nccn1CC. The molecular weight excluding hydrogens is 204 g/mol. The first-order chi connectivity index (χ1) is 7.72. The third-order valence-corrected chi connectivity index (χ3v) is 2.84. The molecule has 0 amide bonds. The Labute approximate surface area is 97.3 Å². The second-order valence-electron chi connectivity index (χ2n) is 3.96. The minimum Gasteiger partial charge on any atom is -0.390 e. The van der Waals surface area contributed by atoms with E-state index in [1.807, 2.05) is 10.8 Å². The molecule has 4 heteroatoms. The van der Waals surface area contributed by atoms with Crippen molar-refractivity contribution in [3.63, 3.8) is 0 Å². The lowest BCUT2D eigenvalue weighted by Crippen LogP contribution is -2.30. The first-order valence-corrected chi connectivity index (χ1v) is 5.93. The lowest BCUT2D eigenvalue weighted by Gasteiger charge is -2.21. The maximum atomic E-state index is 10.1. The summed E-state index contributed by atoms with van der Waals surface area (Å²) in [4.78, 5) is 4.25. The van der Waals surface area contributed by atoms with Crippen molar-refractivity contribution in [2.45, 2.75) is 51.9 Å². The Balaban J connectivity index is 2.58. The maximum Gasteiger partial charge on any atom is 0.111 e. The number of rotatable bonds is 7. The summed E-state index contributed by atoms with van der Waals surface area (Å²) in [6, 6.07) is 0. The highest BCUT2D eigenvalue weighted by atomic mass is 16.5. The largest absolute Gasteiger partial charge is 0.390 e. The number of aliphatic hydroxyl groups is 1. The summed E-state index contributed by atoms with van der Waals surface area (Å²) in [5.41, 5.74) is 0. The molecule has 0 spiro atoms. The molecule has 0 aliphatic heterocycles. The number of nitrogens with zero attached hydrogens (tertiary/aromatic N) is 2. The van der Waals surface area contributed by atoms with Crippen molar-refractivity contribution < 1.29 is 9.84 Å². The Morgan fingerprint density at radius 3 is 2.81 bits per heavy atom. The summed E-state index contributed by atoms with van der Waals surface area (Å²) in [5, 5.41) is 10.1. The van der Waals surface area contributed by atoms with Gasteiger partial charge in [-0.05, 0) is 13.3 Å². The van der Waals surface area contributed by atoms with Gasteiger partial charge in [-0.15, -0.1) is 0 Å². The lowest BCUT2D eigenvalue weighted by molar-refractivity contribution is -0.0171. The van der Waals surface area contributed by atoms with Gasteiger partial charge in [0.2, 0.25) is 0 Å². The van der Waals surface area contributed by atoms with Crippen LogP contribution in [0.1, 0.15) is 32.5 Å². The van der Waals surface area contributed by atoms with Gasteiger partial charge in [0.15, 0.2) is 0 Å². The molecule has 1 aromatic heterocycles. The van der Waals surface area contributed by atoms with E-state index >= 15 is 0 Å². The molecular formula is C12H22N2O2. The van der Waals surface area contributed by atoms with Gasteiger partial charge in [-0.25, -0.2) is 4.98 Å². The number of hydrogen-bond acceptors (Lipinski definition) is 3. The predicted molar refractivity (Wildman–Crippen MR) is 63.3 cm³/mol. The van der Waals surface area contributed by atoms with Crippen LogP contribution in [0.3, 0.4) is 0 Å². The van der Waals surface area contributed by atoms with Crippen LogP contribution in [0.25, 0.3) is 0 Å². The van der Waals surface area contributed by atoms with E-state index in [1.165, 1.54) is 0 Å². The molecule has 92 valence electrons. The van der Waals surface area contributed by atoms with Crippen LogP contribution >= 0.6 is 0 Å². The van der Waals surface area contributed by atoms with Crippen LogP contribution < -0.4 is 0 Å². The van der Waals surface area contributed by atoms with Crippen molar-refractivity contribution in [2.75, 3.05) is 7.11 Å². The van der Waals surface area contributed by atoms with E-state index in [1.54, 1.807) is 13.3 Å². The van der Waals surface area contributed by atoms with E-state index in [-0.39, 0.29) is 6.10 Å². The molecule has 4 nitrogen and oxygen atoms in total. The van der Waals surface area contributed by atoms with Gasteiger partial charge in [0.25, 0.3) is 0 Å². The summed E-state index contributed by atoms with van der Waals surface area (Å²) in [7, 11) is 1.65. The molecule has 0 fully saturated rings.